The number of nitrogens with one attached hydrogen (secondary N) is 1. The number of carbonyl (C=O) groups is 2. The molecule has 0 saturated carbocycles. The van der Waals surface area contributed by atoms with Gasteiger partial charge in [-0.25, -0.2) is 0 Å². The summed E-state index contributed by atoms with van der Waals surface area (Å²) in [6, 6.07) is 0. The normalized spacial score (nSPS) is 26.6. The van der Waals surface area contributed by atoms with Gasteiger partial charge in [-0.1, -0.05) is 0 Å². The third kappa shape index (κ3) is 1.08. The van der Waals surface area contributed by atoms with Crippen LogP contribution < -0.4 is 5.32 Å². The summed E-state index contributed by atoms with van der Waals surface area (Å²) in [7, 11) is 1.41. The second-order valence-corrected chi connectivity index (χ2v) is 1.84. The van der Waals surface area contributed by atoms with Gasteiger partial charge in [-0.05, 0) is 0 Å². The highest BCUT2D eigenvalue weighted by Crippen LogP contribution is 2.03. The molecular formula is C5H7NO3. The highest BCUT2D eigenvalue weighted by molar-refractivity contribution is 6.04. The maximum Gasteiger partial charge on any atom is 0.256 e. The lowest BCUT2D eigenvalue weighted by Crippen LogP contribution is -2.25. The minimum atomic E-state index is -0.558. The van der Waals surface area contributed by atoms with Crippen LogP contribution in [0.5, 0.6) is 0 Å². The molecule has 1 fully saturated rings. The maximum atomic E-state index is 10.6. The van der Waals surface area contributed by atoms with E-state index < -0.39 is 6.10 Å². The number of methoxy groups -OCH3 is 1. The van der Waals surface area contributed by atoms with E-state index in [1.165, 1.54) is 7.11 Å². The summed E-state index contributed by atoms with van der Waals surface area (Å²) < 4.78 is 4.66. The Bertz CT molecular complexity index is 154. The largest absolute Gasteiger partial charge is 0.371 e. The highest BCUT2D eigenvalue weighted by Gasteiger charge is 2.29. The summed E-state index contributed by atoms with van der Waals surface area (Å²) in [5.74, 6) is -0.589. The number of amides is 2. The van der Waals surface area contributed by atoms with Crippen molar-refractivity contribution in [3.63, 3.8) is 0 Å². The number of imide groups is 1. The fraction of sp³-hybridized carbons (Fsp3) is 0.600. The quantitative estimate of drug-likeness (QED) is 0.464. The number of ether oxygens (including phenoxy) is 1. The van der Waals surface area contributed by atoms with E-state index >= 15 is 0 Å². The molecule has 0 spiro atoms. The molecule has 1 heterocycles. The van der Waals surface area contributed by atoms with Crippen LogP contribution in [-0.4, -0.2) is 25.0 Å². The first kappa shape index (κ1) is 6.22. The second-order valence-electron chi connectivity index (χ2n) is 1.84. The predicted molar refractivity (Wildman–Crippen MR) is 28.6 cm³/mol. The van der Waals surface area contributed by atoms with E-state index in [1.54, 1.807) is 0 Å². The van der Waals surface area contributed by atoms with Crippen molar-refractivity contribution in [1.29, 1.82) is 0 Å². The molecule has 0 radical (unpaired) electrons. The number of hydrogen-bond acceptors (Lipinski definition) is 3. The van der Waals surface area contributed by atoms with Crippen molar-refractivity contribution < 1.29 is 14.3 Å². The van der Waals surface area contributed by atoms with Gasteiger partial charge in [0.05, 0.1) is 6.42 Å². The summed E-state index contributed by atoms with van der Waals surface area (Å²) in [5.41, 5.74) is 0. The maximum absolute atomic E-state index is 10.6. The smallest absolute Gasteiger partial charge is 0.256 e. The van der Waals surface area contributed by atoms with Crippen LogP contribution in [0.3, 0.4) is 0 Å². The van der Waals surface area contributed by atoms with Gasteiger partial charge in [0.2, 0.25) is 5.91 Å². The van der Waals surface area contributed by atoms with Gasteiger partial charge in [-0.15, -0.1) is 0 Å². The zero-order valence-electron chi connectivity index (χ0n) is 5.01. The number of hydrogen-bond donors (Lipinski definition) is 1. The van der Waals surface area contributed by atoms with E-state index in [9.17, 15) is 9.59 Å². The van der Waals surface area contributed by atoms with Gasteiger partial charge >= 0.3 is 0 Å². The van der Waals surface area contributed by atoms with Crippen LogP contribution in [0.15, 0.2) is 0 Å². The molecule has 4 heteroatoms. The van der Waals surface area contributed by atoms with Crippen LogP contribution in [0.1, 0.15) is 6.42 Å². The van der Waals surface area contributed by atoms with Crippen molar-refractivity contribution in [3.8, 4) is 0 Å². The highest BCUT2D eigenvalue weighted by atomic mass is 16.5. The first-order valence-electron chi connectivity index (χ1n) is 2.60. The summed E-state index contributed by atoms with van der Waals surface area (Å²) in [6.45, 7) is 0. The predicted octanol–water partition coefficient (Wildman–Crippen LogP) is -0.952. The molecule has 0 aromatic rings. The van der Waals surface area contributed by atoms with E-state index in [2.05, 4.69) is 10.1 Å². The number of carbonyl (C=O) groups excluding carboxylic acids is 2. The summed E-state index contributed by atoms with van der Waals surface area (Å²) >= 11 is 0. The molecule has 1 atom stereocenters. The first-order valence-corrected chi connectivity index (χ1v) is 2.60. The van der Waals surface area contributed by atoms with Crippen LogP contribution in [-0.2, 0) is 14.3 Å². The van der Waals surface area contributed by atoms with E-state index in [4.69, 9.17) is 0 Å². The second kappa shape index (κ2) is 2.14. The zero-order chi connectivity index (χ0) is 6.85. The minimum absolute atomic E-state index is 0.162. The monoisotopic (exact) mass is 129 g/mol. The zero-order valence-corrected chi connectivity index (χ0v) is 5.01. The van der Waals surface area contributed by atoms with Crippen LogP contribution in [0, 0.1) is 0 Å². The molecule has 0 aromatic carbocycles. The van der Waals surface area contributed by atoms with Gasteiger partial charge in [0, 0.05) is 7.11 Å². The van der Waals surface area contributed by atoms with Crippen LogP contribution in [0.4, 0.5) is 0 Å². The summed E-state index contributed by atoms with van der Waals surface area (Å²) in [5, 5.41) is 2.11. The van der Waals surface area contributed by atoms with Gasteiger partial charge in [-0.2, -0.15) is 0 Å². The Morgan fingerprint density at radius 1 is 1.67 bits per heavy atom. The molecule has 1 N–H and O–H groups in total. The van der Waals surface area contributed by atoms with Gasteiger partial charge in [0.15, 0.2) is 0 Å². The standard InChI is InChI=1S/C5H7NO3/c1-9-3-2-4(7)6-5(3)8/h3H,2H2,1H3,(H,6,7,8). The summed E-state index contributed by atoms with van der Waals surface area (Å²) in [4.78, 5) is 21.0. The van der Waals surface area contributed by atoms with Gasteiger partial charge in [0.25, 0.3) is 5.91 Å². The van der Waals surface area contributed by atoms with E-state index in [0.29, 0.717) is 0 Å². The third-order valence-corrected chi connectivity index (χ3v) is 1.21. The molecule has 0 aliphatic carbocycles. The van der Waals surface area contributed by atoms with E-state index in [0.717, 1.165) is 0 Å². The van der Waals surface area contributed by atoms with Crippen molar-refractivity contribution in [2.24, 2.45) is 0 Å². The van der Waals surface area contributed by atoms with Crippen LogP contribution in [0.2, 0.25) is 0 Å². The van der Waals surface area contributed by atoms with Gasteiger partial charge in [-0.3, -0.25) is 14.9 Å². The van der Waals surface area contributed by atoms with E-state index in [1.807, 2.05) is 0 Å². The first-order chi connectivity index (χ1) is 4.24. The SMILES string of the molecule is COC1CC(=O)NC1=O. The van der Waals surface area contributed by atoms with Crippen molar-refractivity contribution in [1.82, 2.24) is 5.32 Å². The lowest BCUT2D eigenvalue weighted by molar-refractivity contribution is -0.128. The molecular weight excluding hydrogens is 122 g/mol. The average Bonchev–Trinajstić information content (AvgIpc) is 2.10. The molecule has 0 aromatic heterocycles. The minimum Gasteiger partial charge on any atom is -0.371 e. The molecule has 9 heavy (non-hydrogen) atoms. The Hall–Kier alpha value is -0.900. The molecule has 1 aliphatic rings. The Morgan fingerprint density at radius 2 is 2.33 bits per heavy atom. The molecule has 2 amide bonds. The number of rotatable bonds is 1. The Balaban J connectivity index is 2.58. The van der Waals surface area contributed by atoms with E-state index in [-0.39, 0.29) is 18.2 Å². The van der Waals surface area contributed by atoms with Crippen molar-refractivity contribution in [2.45, 2.75) is 12.5 Å². The molecule has 0 bridgehead atoms. The van der Waals surface area contributed by atoms with Gasteiger partial charge in [0.1, 0.15) is 6.10 Å². The molecule has 4 nitrogen and oxygen atoms in total. The van der Waals surface area contributed by atoms with Crippen molar-refractivity contribution in [3.05, 3.63) is 0 Å². The molecule has 1 saturated heterocycles. The summed E-state index contributed by atoms with van der Waals surface area (Å²) in [6.07, 6.45) is -0.396. The average molecular weight is 129 g/mol. The molecule has 1 unspecified atom stereocenters. The lowest BCUT2D eigenvalue weighted by Gasteiger charge is -1.98. The lowest BCUT2D eigenvalue weighted by atomic mass is 10.3. The topological polar surface area (TPSA) is 55.4 Å². The van der Waals surface area contributed by atoms with Crippen LogP contribution >= 0.6 is 0 Å². The van der Waals surface area contributed by atoms with Crippen LogP contribution in [0.25, 0.3) is 0 Å². The molecule has 50 valence electrons. The third-order valence-electron chi connectivity index (χ3n) is 1.21. The molecule has 1 rings (SSSR count). The Labute approximate surface area is 52.2 Å². The van der Waals surface area contributed by atoms with Crippen molar-refractivity contribution >= 4 is 11.8 Å². The Kier molecular flexibility index (Phi) is 1.48. The fourth-order valence-corrected chi connectivity index (χ4v) is 0.720. The van der Waals surface area contributed by atoms with Gasteiger partial charge < -0.3 is 4.74 Å². The Morgan fingerprint density at radius 3 is 2.56 bits per heavy atom. The molecule has 1 aliphatic heterocycles. The van der Waals surface area contributed by atoms with Crippen molar-refractivity contribution in [2.75, 3.05) is 7.11 Å². The fourth-order valence-electron chi connectivity index (χ4n) is 0.720.